The molecule has 7 nitrogen and oxygen atoms in total. The van der Waals surface area contributed by atoms with Crippen molar-refractivity contribution in [3.63, 3.8) is 0 Å². The van der Waals surface area contributed by atoms with Crippen molar-refractivity contribution >= 4 is 5.97 Å². The standard InChI is InChI=1S/C20H20N2O5/c1-13(19-21-22-20(27-19)15-7-5-4-6-8-15)26-18(23)12-14-9-10-16(24-2)17(11-14)25-3/h4-11,13H,12H2,1-3H3/t13-/m1/s1. The zero-order valence-corrected chi connectivity index (χ0v) is 15.3. The van der Waals surface area contributed by atoms with Gasteiger partial charge in [0.25, 0.3) is 5.89 Å². The number of methoxy groups -OCH3 is 2. The van der Waals surface area contributed by atoms with Crippen LogP contribution in [-0.4, -0.2) is 30.4 Å². The van der Waals surface area contributed by atoms with Gasteiger partial charge in [0.1, 0.15) is 0 Å². The van der Waals surface area contributed by atoms with E-state index in [-0.39, 0.29) is 12.3 Å². The van der Waals surface area contributed by atoms with Gasteiger partial charge in [-0.3, -0.25) is 4.79 Å². The monoisotopic (exact) mass is 368 g/mol. The lowest BCUT2D eigenvalue weighted by Crippen LogP contribution is -2.12. The first-order valence-electron chi connectivity index (χ1n) is 8.40. The smallest absolute Gasteiger partial charge is 0.311 e. The second-order valence-electron chi connectivity index (χ2n) is 5.81. The summed E-state index contributed by atoms with van der Waals surface area (Å²) in [6.07, 6.45) is -0.563. The molecule has 1 heterocycles. The summed E-state index contributed by atoms with van der Waals surface area (Å²) in [6.45, 7) is 1.69. The Labute approximate surface area is 156 Å². The summed E-state index contributed by atoms with van der Waals surface area (Å²) in [5.74, 6) is 1.37. The van der Waals surface area contributed by atoms with Gasteiger partial charge in [0.05, 0.1) is 20.6 Å². The summed E-state index contributed by atoms with van der Waals surface area (Å²) in [6, 6.07) is 14.7. The van der Waals surface area contributed by atoms with Crippen LogP contribution in [-0.2, 0) is 16.0 Å². The van der Waals surface area contributed by atoms with Crippen molar-refractivity contribution in [1.29, 1.82) is 0 Å². The van der Waals surface area contributed by atoms with Crippen LogP contribution in [0.1, 0.15) is 24.5 Å². The predicted octanol–water partition coefficient (Wildman–Crippen LogP) is 3.60. The molecule has 0 N–H and O–H groups in total. The Kier molecular flexibility index (Phi) is 5.71. The van der Waals surface area contributed by atoms with E-state index >= 15 is 0 Å². The van der Waals surface area contributed by atoms with Crippen molar-refractivity contribution in [3.8, 4) is 23.0 Å². The fraction of sp³-hybridized carbons (Fsp3) is 0.250. The Hall–Kier alpha value is -3.35. The van der Waals surface area contributed by atoms with Gasteiger partial charge in [-0.1, -0.05) is 24.3 Å². The maximum absolute atomic E-state index is 12.2. The van der Waals surface area contributed by atoms with Crippen LogP contribution in [0.3, 0.4) is 0 Å². The SMILES string of the molecule is COc1ccc(CC(=O)O[C@H](C)c2nnc(-c3ccccc3)o2)cc1OC. The van der Waals surface area contributed by atoms with Gasteiger partial charge < -0.3 is 18.6 Å². The van der Waals surface area contributed by atoms with Gasteiger partial charge in [-0.05, 0) is 36.8 Å². The molecule has 2 aromatic carbocycles. The number of carbonyl (C=O) groups excluding carboxylic acids is 1. The maximum Gasteiger partial charge on any atom is 0.311 e. The molecule has 27 heavy (non-hydrogen) atoms. The zero-order valence-electron chi connectivity index (χ0n) is 15.3. The summed E-state index contributed by atoms with van der Waals surface area (Å²) in [5.41, 5.74) is 1.56. The summed E-state index contributed by atoms with van der Waals surface area (Å²) in [5, 5.41) is 7.97. The fourth-order valence-corrected chi connectivity index (χ4v) is 2.54. The van der Waals surface area contributed by atoms with E-state index in [1.54, 1.807) is 39.3 Å². The van der Waals surface area contributed by atoms with Crippen LogP contribution in [0.2, 0.25) is 0 Å². The average molecular weight is 368 g/mol. The molecule has 0 aliphatic heterocycles. The molecule has 0 saturated heterocycles. The minimum Gasteiger partial charge on any atom is -0.493 e. The molecule has 140 valence electrons. The van der Waals surface area contributed by atoms with Crippen molar-refractivity contribution in [1.82, 2.24) is 10.2 Å². The highest BCUT2D eigenvalue weighted by atomic mass is 16.6. The second-order valence-corrected chi connectivity index (χ2v) is 5.81. The molecular weight excluding hydrogens is 348 g/mol. The van der Waals surface area contributed by atoms with Crippen molar-refractivity contribution in [3.05, 3.63) is 60.0 Å². The number of rotatable bonds is 7. The van der Waals surface area contributed by atoms with Crippen molar-refractivity contribution < 1.29 is 23.4 Å². The van der Waals surface area contributed by atoms with Gasteiger partial charge in [0, 0.05) is 5.56 Å². The molecule has 7 heteroatoms. The number of benzene rings is 2. The quantitative estimate of drug-likeness (QED) is 0.589. The van der Waals surface area contributed by atoms with Gasteiger partial charge >= 0.3 is 5.97 Å². The number of esters is 1. The lowest BCUT2D eigenvalue weighted by atomic mass is 10.1. The van der Waals surface area contributed by atoms with Crippen LogP contribution in [0.25, 0.3) is 11.5 Å². The number of carbonyl (C=O) groups is 1. The van der Waals surface area contributed by atoms with E-state index in [4.69, 9.17) is 18.6 Å². The number of hydrogen-bond acceptors (Lipinski definition) is 7. The van der Waals surface area contributed by atoms with E-state index < -0.39 is 12.1 Å². The Morgan fingerprint density at radius 3 is 2.48 bits per heavy atom. The number of nitrogens with zero attached hydrogens (tertiary/aromatic N) is 2. The molecule has 0 saturated carbocycles. The van der Waals surface area contributed by atoms with Crippen LogP contribution in [0.4, 0.5) is 0 Å². The largest absolute Gasteiger partial charge is 0.493 e. The molecule has 0 aliphatic carbocycles. The minimum absolute atomic E-state index is 0.0877. The third-order valence-electron chi connectivity index (χ3n) is 3.91. The first kappa shape index (κ1) is 18.4. The minimum atomic E-state index is -0.650. The molecule has 0 bridgehead atoms. The summed E-state index contributed by atoms with van der Waals surface area (Å²) < 4.78 is 21.5. The molecule has 0 fully saturated rings. The van der Waals surface area contributed by atoms with Crippen LogP contribution >= 0.6 is 0 Å². The Morgan fingerprint density at radius 1 is 1.04 bits per heavy atom. The highest BCUT2D eigenvalue weighted by Gasteiger charge is 2.19. The lowest BCUT2D eigenvalue weighted by Gasteiger charge is -2.11. The second kappa shape index (κ2) is 8.35. The van der Waals surface area contributed by atoms with Crippen molar-refractivity contribution in [2.45, 2.75) is 19.4 Å². The summed E-state index contributed by atoms with van der Waals surface area (Å²) in [4.78, 5) is 12.2. The van der Waals surface area contributed by atoms with E-state index in [1.807, 2.05) is 30.3 Å². The normalized spacial score (nSPS) is 11.7. The molecule has 0 amide bonds. The van der Waals surface area contributed by atoms with Crippen LogP contribution in [0.15, 0.2) is 52.9 Å². The summed E-state index contributed by atoms with van der Waals surface area (Å²) >= 11 is 0. The third-order valence-corrected chi connectivity index (χ3v) is 3.91. The topological polar surface area (TPSA) is 83.7 Å². The van der Waals surface area contributed by atoms with E-state index in [2.05, 4.69) is 10.2 Å². The Morgan fingerprint density at radius 2 is 1.78 bits per heavy atom. The summed E-state index contributed by atoms with van der Waals surface area (Å²) in [7, 11) is 3.10. The van der Waals surface area contributed by atoms with Gasteiger partial charge in [0.15, 0.2) is 17.6 Å². The predicted molar refractivity (Wildman–Crippen MR) is 97.5 cm³/mol. The molecule has 0 aliphatic rings. The Balaban J connectivity index is 1.63. The molecule has 0 unspecified atom stereocenters. The van der Waals surface area contributed by atoms with Crippen LogP contribution in [0.5, 0.6) is 11.5 Å². The van der Waals surface area contributed by atoms with Gasteiger partial charge in [0.2, 0.25) is 5.89 Å². The average Bonchev–Trinajstić information content (AvgIpc) is 3.19. The molecule has 0 spiro atoms. The van der Waals surface area contributed by atoms with E-state index in [9.17, 15) is 4.79 Å². The van der Waals surface area contributed by atoms with Gasteiger partial charge in [-0.25, -0.2) is 0 Å². The first-order chi connectivity index (χ1) is 13.1. The maximum atomic E-state index is 12.2. The highest BCUT2D eigenvalue weighted by molar-refractivity contribution is 5.73. The van der Waals surface area contributed by atoms with Gasteiger partial charge in [-0.2, -0.15) is 0 Å². The van der Waals surface area contributed by atoms with Crippen molar-refractivity contribution in [2.75, 3.05) is 14.2 Å². The molecule has 3 aromatic rings. The molecule has 1 atom stereocenters. The number of hydrogen-bond donors (Lipinski definition) is 0. The Bertz CT molecular complexity index is 908. The fourth-order valence-electron chi connectivity index (χ4n) is 2.54. The molecule has 3 rings (SSSR count). The van der Waals surface area contributed by atoms with E-state index in [0.717, 1.165) is 11.1 Å². The van der Waals surface area contributed by atoms with Gasteiger partial charge in [-0.15, -0.1) is 10.2 Å². The molecular formula is C20H20N2O5. The highest BCUT2D eigenvalue weighted by Crippen LogP contribution is 2.28. The third kappa shape index (κ3) is 4.44. The zero-order chi connectivity index (χ0) is 19.2. The lowest BCUT2D eigenvalue weighted by molar-refractivity contribution is -0.148. The van der Waals surface area contributed by atoms with E-state index in [1.165, 1.54) is 0 Å². The first-order valence-corrected chi connectivity index (χ1v) is 8.40. The molecule has 0 radical (unpaired) electrons. The van der Waals surface area contributed by atoms with Crippen molar-refractivity contribution in [2.24, 2.45) is 0 Å². The van der Waals surface area contributed by atoms with Crippen LogP contribution in [0, 0.1) is 0 Å². The number of ether oxygens (including phenoxy) is 3. The van der Waals surface area contributed by atoms with Crippen LogP contribution < -0.4 is 9.47 Å². The van der Waals surface area contributed by atoms with E-state index in [0.29, 0.717) is 17.4 Å². The molecule has 1 aromatic heterocycles. The number of aromatic nitrogens is 2.